The normalized spacial score (nSPS) is 14.0. The maximum Gasteiger partial charge on any atom is 0.309 e. The lowest BCUT2D eigenvalue weighted by Gasteiger charge is -2.09. The Bertz CT molecular complexity index is 465. The summed E-state index contributed by atoms with van der Waals surface area (Å²) in [5.41, 5.74) is 0.375. The molecular formula is C12H14BrFO3S. The molecule has 0 spiro atoms. The van der Waals surface area contributed by atoms with Gasteiger partial charge in [-0.25, -0.2) is 4.39 Å². The standard InChI is InChI=1S/C12H14BrFO3S/c1-8(12(15)17-2)6-18(16)7-9-5-10(13)3-4-11(9)14/h3-5,8H,6-7H2,1-2H3. The Morgan fingerprint density at radius 2 is 2.22 bits per heavy atom. The summed E-state index contributed by atoms with van der Waals surface area (Å²) in [6.45, 7) is 1.64. The highest BCUT2D eigenvalue weighted by Gasteiger charge is 2.17. The Morgan fingerprint density at radius 1 is 1.56 bits per heavy atom. The summed E-state index contributed by atoms with van der Waals surface area (Å²) >= 11 is 3.23. The highest BCUT2D eigenvalue weighted by Crippen LogP contribution is 2.17. The molecule has 6 heteroatoms. The summed E-state index contributed by atoms with van der Waals surface area (Å²) in [6, 6.07) is 4.50. The van der Waals surface area contributed by atoms with E-state index in [0.717, 1.165) is 4.47 Å². The average molecular weight is 337 g/mol. The van der Waals surface area contributed by atoms with Crippen molar-refractivity contribution < 1.29 is 18.1 Å². The van der Waals surface area contributed by atoms with Crippen molar-refractivity contribution in [1.29, 1.82) is 0 Å². The Morgan fingerprint density at radius 3 is 2.83 bits per heavy atom. The minimum Gasteiger partial charge on any atom is -0.469 e. The predicted octanol–water partition coefficient (Wildman–Crippen LogP) is 2.65. The van der Waals surface area contributed by atoms with Crippen LogP contribution in [0.1, 0.15) is 12.5 Å². The van der Waals surface area contributed by atoms with Crippen LogP contribution in [0.3, 0.4) is 0 Å². The zero-order chi connectivity index (χ0) is 13.7. The quantitative estimate of drug-likeness (QED) is 0.776. The third-order valence-corrected chi connectivity index (χ3v) is 4.36. The maximum atomic E-state index is 13.4. The van der Waals surface area contributed by atoms with Gasteiger partial charge in [0.05, 0.1) is 18.8 Å². The van der Waals surface area contributed by atoms with Crippen LogP contribution in [0.2, 0.25) is 0 Å². The van der Waals surface area contributed by atoms with E-state index in [9.17, 15) is 13.4 Å². The zero-order valence-electron chi connectivity index (χ0n) is 10.1. The minimum absolute atomic E-state index is 0.0899. The summed E-state index contributed by atoms with van der Waals surface area (Å²) in [7, 11) is -0.0161. The summed E-state index contributed by atoms with van der Waals surface area (Å²) in [6.07, 6.45) is 0. The molecule has 18 heavy (non-hydrogen) atoms. The van der Waals surface area contributed by atoms with E-state index in [4.69, 9.17) is 0 Å². The lowest BCUT2D eigenvalue weighted by Crippen LogP contribution is -2.20. The number of benzene rings is 1. The van der Waals surface area contributed by atoms with E-state index in [-0.39, 0.29) is 11.5 Å². The fraction of sp³-hybridized carbons (Fsp3) is 0.417. The van der Waals surface area contributed by atoms with Gasteiger partial charge in [-0.15, -0.1) is 0 Å². The molecule has 0 saturated carbocycles. The predicted molar refractivity (Wildman–Crippen MR) is 72.0 cm³/mol. The number of halogens is 2. The average Bonchev–Trinajstić information content (AvgIpc) is 2.32. The van der Waals surface area contributed by atoms with Crippen molar-refractivity contribution in [2.24, 2.45) is 5.92 Å². The molecule has 0 amide bonds. The SMILES string of the molecule is COC(=O)C(C)CS(=O)Cc1cc(Br)ccc1F. The van der Waals surface area contributed by atoms with Gasteiger partial charge in [0, 0.05) is 26.6 Å². The van der Waals surface area contributed by atoms with Crippen molar-refractivity contribution in [3.05, 3.63) is 34.1 Å². The van der Waals surface area contributed by atoms with E-state index in [1.54, 1.807) is 19.1 Å². The molecule has 0 aliphatic carbocycles. The molecule has 0 bridgehead atoms. The van der Waals surface area contributed by atoms with Gasteiger partial charge in [-0.1, -0.05) is 22.9 Å². The fourth-order valence-electron chi connectivity index (χ4n) is 1.43. The second-order valence-corrected chi connectivity index (χ2v) is 6.33. The van der Waals surface area contributed by atoms with Crippen LogP contribution in [-0.2, 0) is 26.1 Å². The first kappa shape index (κ1) is 15.3. The Labute approximate surface area is 116 Å². The fourth-order valence-corrected chi connectivity index (χ4v) is 3.22. The number of carbonyl (C=O) groups excluding carboxylic acids is 1. The number of hydrogen-bond acceptors (Lipinski definition) is 3. The minimum atomic E-state index is -1.30. The van der Waals surface area contributed by atoms with Gasteiger partial charge >= 0.3 is 5.97 Å². The van der Waals surface area contributed by atoms with E-state index in [2.05, 4.69) is 20.7 Å². The molecule has 0 aliphatic heterocycles. The van der Waals surface area contributed by atoms with Crippen molar-refractivity contribution >= 4 is 32.7 Å². The molecule has 0 fully saturated rings. The third kappa shape index (κ3) is 4.49. The second-order valence-electron chi connectivity index (χ2n) is 3.91. The molecule has 0 aromatic heterocycles. The topological polar surface area (TPSA) is 43.4 Å². The van der Waals surface area contributed by atoms with Gasteiger partial charge in [-0.05, 0) is 18.2 Å². The molecule has 2 unspecified atom stereocenters. The molecule has 0 N–H and O–H groups in total. The van der Waals surface area contributed by atoms with E-state index in [0.29, 0.717) is 5.56 Å². The van der Waals surface area contributed by atoms with E-state index in [1.165, 1.54) is 13.2 Å². The van der Waals surface area contributed by atoms with Gasteiger partial charge in [0.1, 0.15) is 5.82 Å². The van der Waals surface area contributed by atoms with Crippen LogP contribution < -0.4 is 0 Å². The summed E-state index contributed by atoms with van der Waals surface area (Å²) in [4.78, 5) is 11.2. The van der Waals surface area contributed by atoms with E-state index in [1.807, 2.05) is 0 Å². The van der Waals surface area contributed by atoms with Crippen LogP contribution >= 0.6 is 15.9 Å². The number of hydrogen-bond donors (Lipinski definition) is 0. The van der Waals surface area contributed by atoms with Gasteiger partial charge in [0.15, 0.2) is 0 Å². The number of esters is 1. The number of carbonyl (C=O) groups is 1. The zero-order valence-corrected chi connectivity index (χ0v) is 12.5. The molecule has 0 heterocycles. The van der Waals surface area contributed by atoms with Gasteiger partial charge in [0.2, 0.25) is 0 Å². The molecule has 100 valence electrons. The molecule has 0 saturated heterocycles. The van der Waals surface area contributed by atoms with Crippen molar-refractivity contribution in [3.8, 4) is 0 Å². The van der Waals surface area contributed by atoms with E-state index < -0.39 is 28.5 Å². The summed E-state index contributed by atoms with van der Waals surface area (Å²) in [5, 5.41) is 0. The smallest absolute Gasteiger partial charge is 0.309 e. The number of methoxy groups -OCH3 is 1. The van der Waals surface area contributed by atoms with Gasteiger partial charge in [0.25, 0.3) is 0 Å². The van der Waals surface area contributed by atoms with E-state index >= 15 is 0 Å². The Kier molecular flexibility index (Phi) is 5.95. The lowest BCUT2D eigenvalue weighted by atomic mass is 10.2. The largest absolute Gasteiger partial charge is 0.469 e. The molecule has 1 aromatic rings. The molecule has 1 aromatic carbocycles. The van der Waals surface area contributed by atoms with Crippen LogP contribution in [0.4, 0.5) is 4.39 Å². The Balaban J connectivity index is 2.65. The lowest BCUT2D eigenvalue weighted by molar-refractivity contribution is -0.144. The molecule has 0 radical (unpaired) electrons. The Hall–Kier alpha value is -0.750. The van der Waals surface area contributed by atoms with Crippen LogP contribution in [0, 0.1) is 11.7 Å². The maximum absolute atomic E-state index is 13.4. The molecular weight excluding hydrogens is 323 g/mol. The first-order valence-electron chi connectivity index (χ1n) is 5.30. The molecule has 2 atom stereocenters. The number of rotatable bonds is 5. The second kappa shape index (κ2) is 6.99. The molecule has 3 nitrogen and oxygen atoms in total. The first-order chi connectivity index (χ1) is 8.43. The van der Waals surface area contributed by atoms with Crippen molar-refractivity contribution in [3.63, 3.8) is 0 Å². The van der Waals surface area contributed by atoms with Crippen LogP contribution in [-0.4, -0.2) is 23.0 Å². The van der Waals surface area contributed by atoms with Gasteiger partial charge in [-0.2, -0.15) is 0 Å². The van der Waals surface area contributed by atoms with Crippen LogP contribution in [0.25, 0.3) is 0 Å². The van der Waals surface area contributed by atoms with Crippen molar-refractivity contribution in [1.82, 2.24) is 0 Å². The summed E-state index contributed by atoms with van der Waals surface area (Å²) < 4.78 is 30.6. The highest BCUT2D eigenvalue weighted by molar-refractivity contribution is 9.10. The van der Waals surface area contributed by atoms with Gasteiger partial charge < -0.3 is 4.74 Å². The van der Waals surface area contributed by atoms with Gasteiger partial charge in [-0.3, -0.25) is 9.00 Å². The summed E-state index contributed by atoms with van der Waals surface area (Å²) in [5.74, 6) is -0.994. The van der Waals surface area contributed by atoms with Crippen LogP contribution in [0.5, 0.6) is 0 Å². The molecule has 0 aliphatic rings. The molecule has 1 rings (SSSR count). The number of ether oxygens (including phenoxy) is 1. The first-order valence-corrected chi connectivity index (χ1v) is 7.59. The highest BCUT2D eigenvalue weighted by atomic mass is 79.9. The van der Waals surface area contributed by atoms with Crippen molar-refractivity contribution in [2.45, 2.75) is 12.7 Å². The monoisotopic (exact) mass is 336 g/mol. The third-order valence-electron chi connectivity index (χ3n) is 2.36. The van der Waals surface area contributed by atoms with Crippen LogP contribution in [0.15, 0.2) is 22.7 Å². The van der Waals surface area contributed by atoms with Crippen molar-refractivity contribution in [2.75, 3.05) is 12.9 Å².